The average Bonchev–Trinajstić information content (AvgIpc) is 2.91. The second kappa shape index (κ2) is 13.8. The van der Waals surface area contributed by atoms with E-state index in [1.807, 2.05) is 90.6 Å². The van der Waals surface area contributed by atoms with Crippen LogP contribution in [0.5, 0.6) is 0 Å². The van der Waals surface area contributed by atoms with E-state index in [2.05, 4.69) is 12.2 Å². The molecule has 1 aliphatic rings. The number of amides is 2. The Morgan fingerprint density at radius 2 is 1.81 bits per heavy atom. The molecule has 0 saturated carbocycles. The molecule has 4 nitrogen and oxygen atoms in total. The van der Waals surface area contributed by atoms with Crippen molar-refractivity contribution in [3.05, 3.63) is 99.4 Å². The lowest BCUT2D eigenvalue weighted by molar-refractivity contribution is -0.114. The van der Waals surface area contributed by atoms with Gasteiger partial charge in [0.1, 0.15) is 0 Å². The topological polar surface area (TPSA) is 49.4 Å². The summed E-state index contributed by atoms with van der Waals surface area (Å²) in [6.45, 7) is 3.31. The second-order valence-electron chi connectivity index (χ2n) is 8.80. The smallest absolute Gasteiger partial charge is 0.265 e. The quantitative estimate of drug-likeness (QED) is 0.196. The third-order valence-corrected chi connectivity index (χ3v) is 8.39. The Kier molecular flexibility index (Phi) is 10.2. The molecule has 0 spiro atoms. The molecule has 7 heteroatoms. The van der Waals surface area contributed by atoms with Gasteiger partial charge in [-0.25, -0.2) is 0 Å². The molecule has 0 unspecified atom stereocenters. The fraction of sp³-hybridized carbons (Fsp3) is 0.267. The molecule has 192 valence electrons. The predicted octanol–water partition coefficient (Wildman–Crippen LogP) is 7.67. The molecule has 37 heavy (non-hydrogen) atoms. The highest BCUT2D eigenvalue weighted by molar-refractivity contribution is 8.04. The van der Waals surface area contributed by atoms with Gasteiger partial charge in [-0.2, -0.15) is 11.8 Å². The Bertz CT molecular complexity index is 1260. The molecule has 0 aromatic heterocycles. The van der Waals surface area contributed by atoms with E-state index in [9.17, 15) is 9.59 Å². The van der Waals surface area contributed by atoms with Crippen molar-refractivity contribution in [1.82, 2.24) is 5.32 Å². The molecule has 0 aliphatic carbocycles. The van der Waals surface area contributed by atoms with Crippen molar-refractivity contribution in [3.63, 3.8) is 0 Å². The molecule has 0 atom stereocenters. The van der Waals surface area contributed by atoms with Crippen LogP contribution >= 0.6 is 35.1 Å². The van der Waals surface area contributed by atoms with E-state index in [0.717, 1.165) is 33.9 Å². The summed E-state index contributed by atoms with van der Waals surface area (Å²) >= 11 is 9.60. The maximum atomic E-state index is 13.5. The zero-order valence-corrected chi connectivity index (χ0v) is 23.3. The van der Waals surface area contributed by atoms with Crippen LogP contribution in [-0.4, -0.2) is 29.9 Å². The van der Waals surface area contributed by atoms with Gasteiger partial charge in [-0.1, -0.05) is 73.1 Å². The number of hydrogen-bond acceptors (Lipinski definition) is 4. The van der Waals surface area contributed by atoms with Crippen LogP contribution in [-0.2, 0) is 11.3 Å². The number of carbonyl (C=O) groups is 2. The van der Waals surface area contributed by atoms with Crippen LogP contribution in [0, 0.1) is 0 Å². The van der Waals surface area contributed by atoms with Crippen LogP contribution in [0.15, 0.2) is 82.6 Å². The molecule has 1 aliphatic heterocycles. The van der Waals surface area contributed by atoms with E-state index >= 15 is 0 Å². The number of fused-ring (bicyclic) bond motifs is 1. The number of unbranched alkanes of at least 4 members (excludes halogenated alkanes) is 1. The average molecular weight is 551 g/mol. The summed E-state index contributed by atoms with van der Waals surface area (Å²) in [6, 6.07) is 22.9. The number of thioether (sulfide) groups is 2. The second-order valence-corrected chi connectivity index (χ2v) is 11.5. The zero-order chi connectivity index (χ0) is 26.0. The molecule has 1 heterocycles. The highest BCUT2D eigenvalue weighted by atomic mass is 35.5. The maximum absolute atomic E-state index is 13.5. The number of rotatable bonds is 11. The number of nitrogens with zero attached hydrogens (tertiary/aromatic N) is 1. The highest BCUT2D eigenvalue weighted by Gasteiger charge is 2.29. The van der Waals surface area contributed by atoms with Gasteiger partial charge >= 0.3 is 0 Å². The summed E-state index contributed by atoms with van der Waals surface area (Å²) in [7, 11) is 0. The van der Waals surface area contributed by atoms with E-state index in [0.29, 0.717) is 28.6 Å². The first-order valence-corrected chi connectivity index (χ1v) is 14.9. The van der Waals surface area contributed by atoms with Gasteiger partial charge in [0.15, 0.2) is 0 Å². The molecule has 3 aromatic carbocycles. The lowest BCUT2D eigenvalue weighted by Gasteiger charge is -2.30. The van der Waals surface area contributed by atoms with Gasteiger partial charge in [-0.3, -0.25) is 9.59 Å². The Hall–Kier alpha value is -2.67. The van der Waals surface area contributed by atoms with Gasteiger partial charge in [0.05, 0.1) is 17.1 Å². The number of carbonyl (C=O) groups excluding carboxylic acids is 2. The molecule has 0 fully saturated rings. The molecule has 1 N–H and O–H groups in total. The number of hydrogen-bond donors (Lipinski definition) is 1. The van der Waals surface area contributed by atoms with Gasteiger partial charge in [0, 0.05) is 22.0 Å². The lowest BCUT2D eigenvalue weighted by Crippen LogP contribution is -2.33. The van der Waals surface area contributed by atoms with Gasteiger partial charge in [0.2, 0.25) is 0 Å². The minimum atomic E-state index is -0.0671. The van der Waals surface area contributed by atoms with Gasteiger partial charge in [-0.15, -0.1) is 0 Å². The predicted molar refractivity (Wildman–Crippen MR) is 159 cm³/mol. The van der Waals surface area contributed by atoms with Crippen LogP contribution < -0.4 is 10.2 Å². The summed E-state index contributed by atoms with van der Waals surface area (Å²) < 4.78 is 0. The molecule has 3 aromatic rings. The summed E-state index contributed by atoms with van der Waals surface area (Å²) in [6.07, 6.45) is 5.33. The van der Waals surface area contributed by atoms with E-state index in [1.54, 1.807) is 4.90 Å². The van der Waals surface area contributed by atoms with Crippen LogP contribution in [0.1, 0.15) is 47.7 Å². The minimum Gasteiger partial charge on any atom is -0.352 e. The largest absolute Gasteiger partial charge is 0.352 e. The molecule has 0 radical (unpaired) electrons. The van der Waals surface area contributed by atoms with Crippen molar-refractivity contribution < 1.29 is 9.59 Å². The first-order valence-electron chi connectivity index (χ1n) is 12.6. The third kappa shape index (κ3) is 7.67. The first-order chi connectivity index (χ1) is 18.0. The van der Waals surface area contributed by atoms with Crippen molar-refractivity contribution in [2.45, 2.75) is 37.6 Å². The Balaban J connectivity index is 1.42. The van der Waals surface area contributed by atoms with Crippen molar-refractivity contribution in [2.75, 3.05) is 23.0 Å². The number of anilines is 1. The molecule has 0 bridgehead atoms. The van der Waals surface area contributed by atoms with Crippen molar-refractivity contribution in [2.24, 2.45) is 0 Å². The Morgan fingerprint density at radius 1 is 1.03 bits per heavy atom. The first kappa shape index (κ1) is 27.4. The number of benzene rings is 3. The van der Waals surface area contributed by atoms with Crippen LogP contribution in [0.25, 0.3) is 6.08 Å². The van der Waals surface area contributed by atoms with Crippen molar-refractivity contribution in [1.29, 1.82) is 0 Å². The number of para-hydroxylation sites is 1. The van der Waals surface area contributed by atoms with E-state index in [-0.39, 0.29) is 11.8 Å². The standard InChI is InChI=1S/C30H31ClN2O2S2/c1-2-3-17-36-18-7-16-32-29(34)24-14-12-22(13-15-24)20-28-30(35)33(21-23-8-6-9-25(31)19-23)26-10-4-5-11-27(26)37-28/h4-6,8-15,19-20H,2-3,7,16-18,21H2,1H3,(H,32,34). The molecule has 0 saturated heterocycles. The SMILES string of the molecule is CCCCSCCCNC(=O)c1ccc(C=C2Sc3ccccc3N(Cc3cccc(Cl)c3)C2=O)cc1. The lowest BCUT2D eigenvalue weighted by atomic mass is 10.1. The van der Waals surface area contributed by atoms with Crippen molar-refractivity contribution in [3.8, 4) is 0 Å². The van der Waals surface area contributed by atoms with Gasteiger partial charge in [0.25, 0.3) is 11.8 Å². The zero-order valence-electron chi connectivity index (χ0n) is 20.9. The van der Waals surface area contributed by atoms with Crippen LogP contribution in [0.2, 0.25) is 5.02 Å². The highest BCUT2D eigenvalue weighted by Crippen LogP contribution is 2.42. The summed E-state index contributed by atoms with van der Waals surface area (Å²) in [5.41, 5.74) is 3.36. The fourth-order valence-corrected chi connectivity index (χ4v) is 6.26. The van der Waals surface area contributed by atoms with Gasteiger partial charge < -0.3 is 10.2 Å². The van der Waals surface area contributed by atoms with E-state index < -0.39 is 0 Å². The van der Waals surface area contributed by atoms with Crippen LogP contribution in [0.4, 0.5) is 5.69 Å². The molecular formula is C30H31ClN2O2S2. The van der Waals surface area contributed by atoms with E-state index in [4.69, 9.17) is 11.6 Å². The Labute approximate surface area is 232 Å². The third-order valence-electron chi connectivity index (χ3n) is 5.93. The Morgan fingerprint density at radius 3 is 2.59 bits per heavy atom. The monoisotopic (exact) mass is 550 g/mol. The number of halogens is 1. The fourth-order valence-electron chi connectivity index (χ4n) is 3.95. The van der Waals surface area contributed by atoms with Crippen molar-refractivity contribution >= 4 is 58.7 Å². The van der Waals surface area contributed by atoms with E-state index in [1.165, 1.54) is 30.4 Å². The summed E-state index contributed by atoms with van der Waals surface area (Å²) in [4.78, 5) is 29.5. The summed E-state index contributed by atoms with van der Waals surface area (Å²) in [5.74, 6) is 2.13. The summed E-state index contributed by atoms with van der Waals surface area (Å²) in [5, 5.41) is 3.65. The normalized spacial score (nSPS) is 14.1. The molecule has 2 amide bonds. The minimum absolute atomic E-state index is 0.0534. The molecule has 4 rings (SSSR count). The van der Waals surface area contributed by atoms with Gasteiger partial charge in [-0.05, 0) is 77.9 Å². The maximum Gasteiger partial charge on any atom is 0.265 e. The number of nitrogens with one attached hydrogen (secondary N) is 1. The van der Waals surface area contributed by atoms with Crippen LogP contribution in [0.3, 0.4) is 0 Å². The molecular weight excluding hydrogens is 520 g/mol.